The molecule has 1 aromatic rings. The summed E-state index contributed by atoms with van der Waals surface area (Å²) < 4.78 is 29.5. The molecule has 1 aromatic heterocycles. The highest BCUT2D eigenvalue weighted by molar-refractivity contribution is 5.76. The fraction of sp³-hybridized carbons (Fsp3) is 0.762. The zero-order chi connectivity index (χ0) is 19.6. The summed E-state index contributed by atoms with van der Waals surface area (Å²) in [5.41, 5.74) is 0.595. The molecule has 1 saturated heterocycles. The Kier molecular flexibility index (Phi) is 4.14. The molecule has 1 aliphatic heterocycles. The van der Waals surface area contributed by atoms with Gasteiger partial charge in [-0.05, 0) is 56.8 Å². The number of halogens is 2. The average molecular weight is 390 g/mol. The first-order chi connectivity index (χ1) is 13.3. The summed E-state index contributed by atoms with van der Waals surface area (Å²) in [5, 5.41) is 0. The topological polar surface area (TPSA) is 49.3 Å². The van der Waals surface area contributed by atoms with Crippen molar-refractivity contribution in [2.45, 2.75) is 63.8 Å². The van der Waals surface area contributed by atoms with Gasteiger partial charge in [0.2, 0.25) is 5.95 Å². The van der Waals surface area contributed by atoms with Crippen molar-refractivity contribution in [3.8, 4) is 0 Å². The van der Waals surface area contributed by atoms with Crippen LogP contribution in [0.5, 0.6) is 0 Å². The van der Waals surface area contributed by atoms with Crippen LogP contribution in [-0.2, 0) is 17.1 Å². The van der Waals surface area contributed by atoms with Crippen LogP contribution >= 0.6 is 0 Å². The first-order valence-corrected chi connectivity index (χ1v) is 10.6. The average Bonchev–Trinajstić information content (AvgIpc) is 3.01. The molecule has 3 fully saturated rings. The Morgan fingerprint density at radius 3 is 2.54 bits per heavy atom. The number of ketones is 1. The van der Waals surface area contributed by atoms with E-state index in [1.807, 2.05) is 11.9 Å². The Bertz CT molecular complexity index is 798. The SMILES string of the molecule is CC(=O)CC1[C@H]2CN(c3nc(N(C)C4CCC4)nc4c3CCCC4(F)F)C[C@@H]12. The molecular formula is C21H28F2N4O. The highest BCUT2D eigenvalue weighted by Crippen LogP contribution is 2.55. The molecule has 5 rings (SSSR count). The van der Waals surface area contributed by atoms with E-state index in [4.69, 9.17) is 4.98 Å². The van der Waals surface area contributed by atoms with Gasteiger partial charge < -0.3 is 14.6 Å². The Hall–Kier alpha value is -1.79. The van der Waals surface area contributed by atoms with Gasteiger partial charge in [0, 0.05) is 44.6 Å². The van der Waals surface area contributed by atoms with Gasteiger partial charge in [0.05, 0.1) is 0 Å². The molecule has 3 atom stereocenters. The Balaban J connectivity index is 1.46. The first-order valence-electron chi connectivity index (χ1n) is 10.6. The number of aromatic nitrogens is 2. The Morgan fingerprint density at radius 1 is 1.21 bits per heavy atom. The predicted molar refractivity (Wildman–Crippen MR) is 103 cm³/mol. The minimum atomic E-state index is -2.87. The lowest BCUT2D eigenvalue weighted by Gasteiger charge is -2.37. The van der Waals surface area contributed by atoms with Gasteiger partial charge in [0.15, 0.2) is 0 Å². The molecule has 2 heterocycles. The van der Waals surface area contributed by atoms with E-state index in [1.165, 1.54) is 6.42 Å². The third kappa shape index (κ3) is 2.89. The molecule has 0 radical (unpaired) electrons. The lowest BCUT2D eigenvalue weighted by Crippen LogP contribution is -2.39. The second-order valence-corrected chi connectivity index (χ2v) is 9.23. The summed E-state index contributed by atoms with van der Waals surface area (Å²) in [4.78, 5) is 24.8. The summed E-state index contributed by atoms with van der Waals surface area (Å²) in [6.45, 7) is 3.30. The van der Waals surface area contributed by atoms with Crippen molar-refractivity contribution in [3.63, 3.8) is 0 Å². The van der Waals surface area contributed by atoms with E-state index in [1.54, 1.807) is 6.92 Å². The fourth-order valence-electron chi connectivity index (χ4n) is 5.41. The van der Waals surface area contributed by atoms with E-state index in [0.29, 0.717) is 54.6 Å². The van der Waals surface area contributed by atoms with Crippen molar-refractivity contribution in [3.05, 3.63) is 11.3 Å². The number of piperidine rings is 1. The minimum absolute atomic E-state index is 0.0502. The van der Waals surface area contributed by atoms with E-state index < -0.39 is 5.92 Å². The summed E-state index contributed by atoms with van der Waals surface area (Å²) >= 11 is 0. The number of carbonyl (C=O) groups is 1. The van der Waals surface area contributed by atoms with Crippen LogP contribution in [0.3, 0.4) is 0 Å². The van der Waals surface area contributed by atoms with Crippen LogP contribution in [-0.4, -0.2) is 41.9 Å². The summed E-state index contributed by atoms with van der Waals surface area (Å²) in [6, 6.07) is 0.357. The van der Waals surface area contributed by atoms with Crippen LogP contribution < -0.4 is 9.80 Å². The third-order valence-electron chi connectivity index (χ3n) is 7.37. The summed E-state index contributed by atoms with van der Waals surface area (Å²) in [5.74, 6) is 0.0257. The minimum Gasteiger partial charge on any atom is -0.356 e. The smallest absolute Gasteiger partial charge is 0.290 e. The molecule has 5 nitrogen and oxygen atoms in total. The van der Waals surface area contributed by atoms with Crippen molar-refractivity contribution in [1.82, 2.24) is 9.97 Å². The second kappa shape index (κ2) is 6.36. The van der Waals surface area contributed by atoms with Gasteiger partial charge in [-0.3, -0.25) is 0 Å². The molecular weight excluding hydrogens is 362 g/mol. The Labute approximate surface area is 164 Å². The van der Waals surface area contributed by atoms with E-state index in [2.05, 4.69) is 9.88 Å². The van der Waals surface area contributed by atoms with Crippen molar-refractivity contribution < 1.29 is 13.6 Å². The number of hydrogen-bond donors (Lipinski definition) is 0. The zero-order valence-corrected chi connectivity index (χ0v) is 16.6. The van der Waals surface area contributed by atoms with Crippen molar-refractivity contribution >= 4 is 17.5 Å². The number of Topliss-reactive ketones (excluding diaryl/α,β-unsaturated/α-hetero) is 1. The monoisotopic (exact) mass is 390 g/mol. The highest BCUT2D eigenvalue weighted by atomic mass is 19.3. The van der Waals surface area contributed by atoms with Crippen molar-refractivity contribution in [1.29, 1.82) is 0 Å². The molecule has 0 N–H and O–H groups in total. The maximum Gasteiger partial charge on any atom is 0.290 e. The van der Waals surface area contributed by atoms with Crippen LogP contribution in [0.4, 0.5) is 20.5 Å². The number of rotatable bonds is 5. The first kappa shape index (κ1) is 18.3. The van der Waals surface area contributed by atoms with Gasteiger partial charge in [-0.25, -0.2) is 4.98 Å². The predicted octanol–water partition coefficient (Wildman–Crippen LogP) is 3.55. The van der Waals surface area contributed by atoms with E-state index in [9.17, 15) is 13.6 Å². The Morgan fingerprint density at radius 2 is 1.93 bits per heavy atom. The maximum absolute atomic E-state index is 14.7. The van der Waals surface area contributed by atoms with Gasteiger partial charge in [0.1, 0.15) is 17.3 Å². The van der Waals surface area contributed by atoms with Gasteiger partial charge in [0.25, 0.3) is 5.92 Å². The van der Waals surface area contributed by atoms with E-state index in [-0.39, 0.29) is 17.9 Å². The molecule has 0 aromatic carbocycles. The molecule has 28 heavy (non-hydrogen) atoms. The third-order valence-corrected chi connectivity index (χ3v) is 7.37. The number of hydrogen-bond acceptors (Lipinski definition) is 5. The number of nitrogens with zero attached hydrogens (tertiary/aromatic N) is 4. The molecule has 0 spiro atoms. The molecule has 0 amide bonds. The number of alkyl halides is 2. The molecule has 152 valence electrons. The van der Waals surface area contributed by atoms with Gasteiger partial charge in [-0.1, -0.05) is 0 Å². The highest BCUT2D eigenvalue weighted by Gasteiger charge is 2.56. The van der Waals surface area contributed by atoms with Gasteiger partial charge >= 0.3 is 0 Å². The molecule has 2 saturated carbocycles. The van der Waals surface area contributed by atoms with E-state index in [0.717, 1.165) is 31.7 Å². The van der Waals surface area contributed by atoms with Crippen molar-refractivity contribution in [2.75, 3.05) is 29.9 Å². The second-order valence-electron chi connectivity index (χ2n) is 9.23. The number of fused-ring (bicyclic) bond motifs is 2. The lowest BCUT2D eigenvalue weighted by molar-refractivity contribution is -0.117. The van der Waals surface area contributed by atoms with Crippen LogP contribution in [0.25, 0.3) is 0 Å². The number of anilines is 2. The zero-order valence-electron chi connectivity index (χ0n) is 16.6. The lowest BCUT2D eigenvalue weighted by atomic mass is 9.91. The van der Waals surface area contributed by atoms with Crippen LogP contribution in [0.15, 0.2) is 0 Å². The normalized spacial score (nSPS) is 30.4. The summed E-state index contributed by atoms with van der Waals surface area (Å²) in [6.07, 6.45) is 4.94. The van der Waals surface area contributed by atoms with Gasteiger partial charge in [-0.15, -0.1) is 0 Å². The summed E-state index contributed by atoms with van der Waals surface area (Å²) in [7, 11) is 1.93. The van der Waals surface area contributed by atoms with E-state index >= 15 is 0 Å². The maximum atomic E-state index is 14.7. The quantitative estimate of drug-likeness (QED) is 0.770. The largest absolute Gasteiger partial charge is 0.356 e. The van der Waals surface area contributed by atoms with Crippen LogP contribution in [0, 0.1) is 17.8 Å². The van der Waals surface area contributed by atoms with Gasteiger partial charge in [-0.2, -0.15) is 13.8 Å². The molecule has 3 aliphatic carbocycles. The molecule has 0 bridgehead atoms. The number of carbonyl (C=O) groups excluding carboxylic acids is 1. The van der Waals surface area contributed by atoms with Crippen LogP contribution in [0.1, 0.15) is 56.7 Å². The fourth-order valence-corrected chi connectivity index (χ4v) is 5.41. The van der Waals surface area contributed by atoms with Crippen LogP contribution in [0.2, 0.25) is 0 Å². The molecule has 1 unspecified atom stereocenters. The van der Waals surface area contributed by atoms with Crippen molar-refractivity contribution in [2.24, 2.45) is 17.8 Å². The molecule has 4 aliphatic rings. The standard InChI is InChI=1S/C21H28F2N4O/c1-12(28)9-15-16-10-27(11-17(15)16)19-14-7-4-8-21(22,23)18(14)24-20(25-19)26(2)13-5-3-6-13/h13,15-17H,3-11H2,1-2H3/t15?,16-,17+. The molecule has 7 heteroatoms.